The van der Waals surface area contributed by atoms with Crippen molar-refractivity contribution in [3.05, 3.63) is 12.7 Å². The molecule has 0 radical (unpaired) electrons. The molecule has 4 aliphatic rings. The average molecular weight is 591 g/mol. The van der Waals surface area contributed by atoms with Crippen molar-refractivity contribution in [2.45, 2.75) is 120 Å². The maximum absolute atomic E-state index is 12.4. The summed E-state index contributed by atoms with van der Waals surface area (Å²) in [7, 11) is 1.78. The quantitative estimate of drug-likeness (QED) is 0.160. The van der Waals surface area contributed by atoms with Crippen molar-refractivity contribution in [3.8, 4) is 11.8 Å². The van der Waals surface area contributed by atoms with E-state index >= 15 is 0 Å². The number of nitrogens with zero attached hydrogens (tertiary/aromatic N) is 1. The molecule has 2 aliphatic heterocycles. The first-order valence-corrected chi connectivity index (χ1v) is 16.6. The number of rotatable bonds is 9. The van der Waals surface area contributed by atoms with Crippen molar-refractivity contribution >= 4 is 17.5 Å². The van der Waals surface area contributed by atoms with E-state index < -0.39 is 0 Å². The average Bonchev–Trinajstić information content (AvgIpc) is 3.25. The highest BCUT2D eigenvalue weighted by atomic mass is 35.5. The van der Waals surface area contributed by atoms with E-state index in [0.29, 0.717) is 24.4 Å². The van der Waals surface area contributed by atoms with Crippen LogP contribution in [0.25, 0.3) is 0 Å². The number of nitrogens with one attached hydrogen (secondary N) is 5. The van der Waals surface area contributed by atoms with Gasteiger partial charge in [0.1, 0.15) is 6.29 Å². The summed E-state index contributed by atoms with van der Waals surface area (Å²) in [5.74, 6) is 8.19. The molecule has 0 aromatic heterocycles. The Balaban J connectivity index is 1.38. The monoisotopic (exact) mass is 590 g/mol. The predicted octanol–water partition coefficient (Wildman–Crippen LogP) is 3.13. The molecular formula is C32H55ClN6O2. The van der Waals surface area contributed by atoms with Crippen LogP contribution in [0.4, 0.5) is 0 Å². The highest BCUT2D eigenvalue weighted by molar-refractivity contribution is 6.21. The zero-order valence-electron chi connectivity index (χ0n) is 25.6. The molecule has 1 amide bonds. The number of carbonyl (C=O) groups is 1. The fourth-order valence-corrected chi connectivity index (χ4v) is 7.54. The normalized spacial score (nSPS) is 37.0. The Morgan fingerprint density at radius 2 is 1.83 bits per heavy atom. The number of likely N-dealkylation sites (tertiary alicyclic amines) is 1. The van der Waals surface area contributed by atoms with Gasteiger partial charge in [0.25, 0.3) is 0 Å². The Morgan fingerprint density at radius 3 is 2.54 bits per heavy atom. The second-order valence-electron chi connectivity index (χ2n) is 12.9. The standard InChI is InChI=1S/C32H55ClN6O2/c1-5-30(40)35-27-20-28(29(41-4)19-23(27)13-12-18-39-16-10-6-7-11-17-39)37-32-34-21-25(33)31(38-32)36-26-15-9-8-14-24(26)22(2)3/h5,22-29,31-32,34,36-38H,1,6-11,14-21H2,2-4H3,(H,35,40). The Hall–Kier alpha value is -1.18. The van der Waals surface area contributed by atoms with Crippen molar-refractivity contribution in [2.75, 3.05) is 33.3 Å². The van der Waals surface area contributed by atoms with Gasteiger partial charge in [-0.3, -0.25) is 31.0 Å². The van der Waals surface area contributed by atoms with Gasteiger partial charge < -0.3 is 10.1 Å². The van der Waals surface area contributed by atoms with Crippen molar-refractivity contribution in [3.63, 3.8) is 0 Å². The predicted molar refractivity (Wildman–Crippen MR) is 167 cm³/mol. The van der Waals surface area contributed by atoms with Crippen LogP contribution in [0.1, 0.15) is 78.1 Å². The number of ether oxygens (including phenoxy) is 1. The molecule has 0 aromatic carbocycles. The molecule has 2 saturated carbocycles. The van der Waals surface area contributed by atoms with Gasteiger partial charge in [0, 0.05) is 37.7 Å². The summed E-state index contributed by atoms with van der Waals surface area (Å²) in [5, 5.41) is 18.0. The molecule has 8 nitrogen and oxygen atoms in total. The van der Waals surface area contributed by atoms with Gasteiger partial charge in [-0.15, -0.1) is 11.6 Å². The fourth-order valence-electron chi connectivity index (χ4n) is 7.31. The highest BCUT2D eigenvalue weighted by Crippen LogP contribution is 2.31. The van der Waals surface area contributed by atoms with Gasteiger partial charge in [0.05, 0.1) is 24.2 Å². The molecule has 5 N–H and O–H groups in total. The molecule has 9 unspecified atom stereocenters. The first-order valence-electron chi connectivity index (χ1n) is 16.2. The van der Waals surface area contributed by atoms with Crippen LogP contribution in [0.15, 0.2) is 12.7 Å². The Bertz CT molecular complexity index is 885. The lowest BCUT2D eigenvalue weighted by molar-refractivity contribution is -0.118. The van der Waals surface area contributed by atoms with Gasteiger partial charge in [-0.05, 0) is 69.5 Å². The minimum Gasteiger partial charge on any atom is -0.380 e. The van der Waals surface area contributed by atoms with Gasteiger partial charge in [0.2, 0.25) is 5.91 Å². The smallest absolute Gasteiger partial charge is 0.243 e. The molecule has 0 bridgehead atoms. The lowest BCUT2D eigenvalue weighted by Gasteiger charge is -2.45. The topological polar surface area (TPSA) is 89.7 Å². The maximum atomic E-state index is 12.4. The van der Waals surface area contributed by atoms with Gasteiger partial charge in [-0.25, -0.2) is 0 Å². The molecule has 2 aliphatic carbocycles. The number of alkyl halides is 1. The van der Waals surface area contributed by atoms with Gasteiger partial charge in [0.15, 0.2) is 0 Å². The van der Waals surface area contributed by atoms with Crippen molar-refractivity contribution < 1.29 is 9.53 Å². The molecule has 232 valence electrons. The zero-order chi connectivity index (χ0) is 29.2. The molecule has 0 aromatic rings. The minimum absolute atomic E-state index is 0.0122. The summed E-state index contributed by atoms with van der Waals surface area (Å²) < 4.78 is 6.01. The summed E-state index contributed by atoms with van der Waals surface area (Å²) in [6, 6.07) is 0.442. The maximum Gasteiger partial charge on any atom is 0.243 e. The summed E-state index contributed by atoms with van der Waals surface area (Å²) >= 11 is 6.81. The van der Waals surface area contributed by atoms with Crippen LogP contribution in [-0.4, -0.2) is 86.2 Å². The van der Waals surface area contributed by atoms with Crippen molar-refractivity contribution in [1.82, 2.24) is 31.5 Å². The van der Waals surface area contributed by atoms with E-state index in [2.05, 4.69) is 63.8 Å². The van der Waals surface area contributed by atoms with Crippen LogP contribution in [-0.2, 0) is 9.53 Å². The zero-order valence-corrected chi connectivity index (χ0v) is 26.4. The fraction of sp³-hybridized carbons (Fsp3) is 0.844. The Kier molecular flexibility index (Phi) is 13.3. The van der Waals surface area contributed by atoms with E-state index in [1.807, 2.05) is 0 Å². The van der Waals surface area contributed by atoms with E-state index in [1.54, 1.807) is 7.11 Å². The van der Waals surface area contributed by atoms with E-state index in [9.17, 15) is 4.79 Å². The third-order valence-electron chi connectivity index (χ3n) is 9.71. The first kappa shape index (κ1) is 32.7. The summed E-state index contributed by atoms with van der Waals surface area (Å²) in [5.41, 5.74) is 0. The Labute approximate surface area is 253 Å². The van der Waals surface area contributed by atoms with Crippen LogP contribution in [0, 0.1) is 29.6 Å². The largest absolute Gasteiger partial charge is 0.380 e. The molecule has 9 heteroatoms. The lowest BCUT2D eigenvalue weighted by Crippen LogP contribution is -2.72. The highest BCUT2D eigenvalue weighted by Gasteiger charge is 2.40. The third kappa shape index (κ3) is 9.66. The molecule has 41 heavy (non-hydrogen) atoms. The van der Waals surface area contributed by atoms with E-state index in [0.717, 1.165) is 32.5 Å². The van der Waals surface area contributed by atoms with Gasteiger partial charge in [-0.1, -0.05) is 58.0 Å². The SMILES string of the molecule is C=CC(=O)NC1CC(NC2NCC(Cl)C(NC3CCCCC3C(C)C)N2)C(OC)CC1C#CCN1CCCCCC1. The second-order valence-corrected chi connectivity index (χ2v) is 13.5. The lowest BCUT2D eigenvalue weighted by atomic mass is 9.77. The number of halogens is 1. The third-order valence-corrected chi connectivity index (χ3v) is 10.1. The summed E-state index contributed by atoms with van der Waals surface area (Å²) in [6.07, 6.45) is 12.9. The second kappa shape index (κ2) is 16.6. The number of amides is 1. The van der Waals surface area contributed by atoms with E-state index in [1.165, 1.54) is 57.4 Å². The van der Waals surface area contributed by atoms with E-state index in [4.69, 9.17) is 16.3 Å². The first-order chi connectivity index (χ1) is 19.9. The van der Waals surface area contributed by atoms with Gasteiger partial charge >= 0.3 is 0 Å². The van der Waals surface area contributed by atoms with Crippen LogP contribution >= 0.6 is 11.6 Å². The summed E-state index contributed by atoms with van der Waals surface area (Å²) in [6.45, 7) is 12.1. The minimum atomic E-state index is -0.153. The molecule has 4 rings (SSSR count). The van der Waals surface area contributed by atoms with Crippen LogP contribution in [0.2, 0.25) is 0 Å². The van der Waals surface area contributed by atoms with Crippen LogP contribution < -0.4 is 26.6 Å². The van der Waals surface area contributed by atoms with Crippen LogP contribution in [0.5, 0.6) is 0 Å². The van der Waals surface area contributed by atoms with Crippen molar-refractivity contribution in [2.24, 2.45) is 17.8 Å². The van der Waals surface area contributed by atoms with Gasteiger partial charge in [-0.2, -0.15) is 0 Å². The molecule has 4 fully saturated rings. The van der Waals surface area contributed by atoms with Crippen molar-refractivity contribution in [1.29, 1.82) is 0 Å². The molecule has 2 heterocycles. The summed E-state index contributed by atoms with van der Waals surface area (Å²) in [4.78, 5) is 14.9. The number of hydrogen-bond donors (Lipinski definition) is 5. The van der Waals surface area contributed by atoms with E-state index in [-0.39, 0.29) is 47.8 Å². The number of carbonyl (C=O) groups excluding carboxylic acids is 1. The van der Waals surface area contributed by atoms with Crippen LogP contribution in [0.3, 0.4) is 0 Å². The molecule has 2 saturated heterocycles. The molecular weight excluding hydrogens is 536 g/mol. The Morgan fingerprint density at radius 1 is 1.07 bits per heavy atom. The number of hydrogen-bond acceptors (Lipinski definition) is 7. The molecule has 0 spiro atoms. The molecule has 9 atom stereocenters. The number of methoxy groups -OCH3 is 1.